The lowest BCUT2D eigenvalue weighted by atomic mass is 9.97. The minimum Gasteiger partial charge on any atom is -0.488 e. The van der Waals surface area contributed by atoms with E-state index in [1.807, 2.05) is 44.2 Å². The summed E-state index contributed by atoms with van der Waals surface area (Å²) in [4.78, 5) is 12.1. The number of hydrogen-bond acceptors (Lipinski definition) is 8. The van der Waals surface area contributed by atoms with Gasteiger partial charge in [0.25, 0.3) is 0 Å². The van der Waals surface area contributed by atoms with E-state index in [1.165, 1.54) is 0 Å². The Morgan fingerprint density at radius 2 is 2.03 bits per heavy atom. The van der Waals surface area contributed by atoms with Gasteiger partial charge in [0.15, 0.2) is 5.75 Å². The van der Waals surface area contributed by atoms with Crippen molar-refractivity contribution in [1.82, 2.24) is 24.4 Å². The Balaban J connectivity index is 1.37. The third kappa shape index (κ3) is 3.55. The van der Waals surface area contributed by atoms with E-state index in [9.17, 15) is 8.42 Å². The van der Waals surface area contributed by atoms with Crippen LogP contribution in [0.15, 0.2) is 41.1 Å². The van der Waals surface area contributed by atoms with Crippen molar-refractivity contribution in [2.24, 2.45) is 5.92 Å². The zero-order valence-electron chi connectivity index (χ0n) is 20.7. The van der Waals surface area contributed by atoms with Crippen molar-refractivity contribution in [2.75, 3.05) is 24.6 Å². The predicted molar refractivity (Wildman–Crippen MR) is 138 cm³/mol. The summed E-state index contributed by atoms with van der Waals surface area (Å²) in [6, 6.07) is 9.85. The van der Waals surface area contributed by atoms with Gasteiger partial charge in [0, 0.05) is 30.4 Å². The van der Waals surface area contributed by atoms with Gasteiger partial charge in [0.1, 0.15) is 23.9 Å². The second-order valence-corrected chi connectivity index (χ2v) is 11.1. The quantitative estimate of drug-likeness (QED) is 0.373. The molecule has 37 heavy (non-hydrogen) atoms. The molecule has 11 heteroatoms. The zero-order chi connectivity index (χ0) is 25.3. The smallest absolute Gasteiger partial charge is 0.207 e. The maximum absolute atomic E-state index is 11.5. The second-order valence-electron chi connectivity index (χ2n) is 10.3. The normalized spacial score (nSPS) is 22.1. The fourth-order valence-corrected chi connectivity index (χ4v) is 6.99. The summed E-state index contributed by atoms with van der Waals surface area (Å²) in [6.07, 6.45) is 4.50. The molecule has 5 heterocycles. The van der Waals surface area contributed by atoms with Crippen LogP contribution in [0.5, 0.6) is 5.75 Å². The highest BCUT2D eigenvalue weighted by Crippen LogP contribution is 2.49. The molecule has 4 aromatic rings. The third-order valence-electron chi connectivity index (χ3n) is 8.17. The van der Waals surface area contributed by atoms with E-state index >= 15 is 0 Å². The molecule has 1 aromatic carbocycles. The maximum atomic E-state index is 11.5. The molecule has 3 aliphatic rings. The van der Waals surface area contributed by atoms with Gasteiger partial charge in [-0.25, -0.2) is 18.1 Å². The first kappa shape index (κ1) is 22.7. The van der Waals surface area contributed by atoms with Crippen LogP contribution in [0.25, 0.3) is 22.2 Å². The Hall–Kier alpha value is -3.44. The lowest BCUT2D eigenvalue weighted by Gasteiger charge is -2.30. The number of nitrogens with one attached hydrogen (secondary N) is 1. The molecule has 0 spiro atoms. The van der Waals surface area contributed by atoms with Crippen molar-refractivity contribution in [3.63, 3.8) is 0 Å². The molecule has 3 aromatic heterocycles. The molecule has 192 valence electrons. The first-order chi connectivity index (χ1) is 17.9. The minimum atomic E-state index is -2.62. The van der Waals surface area contributed by atoms with Gasteiger partial charge in [-0.1, -0.05) is 11.2 Å². The lowest BCUT2D eigenvalue weighted by molar-refractivity contribution is 0.258. The van der Waals surface area contributed by atoms with E-state index in [0.717, 1.165) is 83.4 Å². The molecule has 1 aliphatic carbocycles. The van der Waals surface area contributed by atoms with Crippen molar-refractivity contribution in [3.05, 3.63) is 53.7 Å². The van der Waals surface area contributed by atoms with E-state index in [1.54, 1.807) is 6.20 Å². The van der Waals surface area contributed by atoms with Crippen molar-refractivity contribution >= 4 is 27.9 Å². The van der Waals surface area contributed by atoms with Crippen LogP contribution in [0.3, 0.4) is 0 Å². The van der Waals surface area contributed by atoms with Crippen molar-refractivity contribution in [1.29, 1.82) is 0 Å². The molecule has 10 nitrogen and oxygen atoms in total. The summed E-state index contributed by atoms with van der Waals surface area (Å²) >= 11 is 0. The number of hydrogen-bond donors (Lipinski definition) is 2. The van der Waals surface area contributed by atoms with Crippen LogP contribution in [0, 0.1) is 19.8 Å². The summed E-state index contributed by atoms with van der Waals surface area (Å²) < 4.78 is 40.0. The summed E-state index contributed by atoms with van der Waals surface area (Å²) in [7, 11) is -2.62. The highest BCUT2D eigenvalue weighted by molar-refractivity contribution is 7.70. The van der Waals surface area contributed by atoms with Gasteiger partial charge < -0.3 is 14.2 Å². The van der Waals surface area contributed by atoms with Gasteiger partial charge in [-0.05, 0) is 63.3 Å². The van der Waals surface area contributed by atoms with Crippen LogP contribution in [0.2, 0.25) is 0 Å². The number of nitrogens with zero attached hydrogens (tertiary/aromatic N) is 5. The Morgan fingerprint density at radius 1 is 1.16 bits per heavy atom. The standard InChI is InChI=1S/C26H28N6O4S/c1-15-22(16(2)36-29-15)18-6-7-20-23-24(18)35-14-21(19-5-3-4-11-27-19)32(23)25(28-20)31-12-8-17(13-31)26(9-10-26)30-37(33)34/h3-7,11,17,21,37H,8-10,12-14H2,1-2H3,(H,30,33,34)/t17-,21-/m1/s1. The molecule has 1 saturated carbocycles. The molecule has 0 amide bonds. The van der Waals surface area contributed by atoms with E-state index in [0.29, 0.717) is 6.61 Å². The van der Waals surface area contributed by atoms with Crippen LogP contribution in [0.4, 0.5) is 5.95 Å². The summed E-state index contributed by atoms with van der Waals surface area (Å²) in [5, 5.41) is 4.16. The summed E-state index contributed by atoms with van der Waals surface area (Å²) in [5.74, 6) is 2.64. The van der Waals surface area contributed by atoms with Crippen LogP contribution < -0.4 is 14.4 Å². The van der Waals surface area contributed by atoms with Gasteiger partial charge in [-0.2, -0.15) is 0 Å². The van der Waals surface area contributed by atoms with Crippen LogP contribution in [-0.2, 0) is 10.9 Å². The van der Waals surface area contributed by atoms with Gasteiger partial charge in [-0.15, -0.1) is 0 Å². The highest BCUT2D eigenvalue weighted by Gasteiger charge is 2.52. The number of thiol groups is 1. The van der Waals surface area contributed by atoms with E-state index < -0.39 is 10.9 Å². The predicted octanol–water partition coefficient (Wildman–Crippen LogP) is 3.16. The van der Waals surface area contributed by atoms with Crippen molar-refractivity contribution in [3.8, 4) is 16.9 Å². The van der Waals surface area contributed by atoms with Gasteiger partial charge >= 0.3 is 0 Å². The number of anilines is 1. The Kier molecular flexibility index (Phi) is 5.09. The van der Waals surface area contributed by atoms with E-state index in [-0.39, 0.29) is 17.5 Å². The van der Waals surface area contributed by atoms with Crippen molar-refractivity contribution in [2.45, 2.75) is 44.7 Å². The molecular formula is C26H28N6O4S. The molecular weight excluding hydrogens is 492 g/mol. The number of ether oxygens (including phenoxy) is 1. The van der Waals surface area contributed by atoms with Crippen molar-refractivity contribution < 1.29 is 17.7 Å². The SMILES string of the molecule is Cc1noc(C)c1-c1ccc2nc(N3CC[C@@H](C4(N[SH](=O)=O)CC4)C3)n3c2c1OC[C@@H]3c1ccccn1. The molecule has 1 N–H and O–H groups in total. The Morgan fingerprint density at radius 3 is 2.73 bits per heavy atom. The van der Waals surface area contributed by atoms with E-state index in [4.69, 9.17) is 14.2 Å². The average molecular weight is 521 g/mol. The molecule has 1 saturated heterocycles. The van der Waals surface area contributed by atoms with Crippen LogP contribution in [-0.4, -0.2) is 53.3 Å². The number of aromatic nitrogens is 4. The van der Waals surface area contributed by atoms with Crippen LogP contribution >= 0.6 is 0 Å². The maximum Gasteiger partial charge on any atom is 0.207 e. The molecule has 0 unspecified atom stereocenters. The average Bonchev–Trinajstić information content (AvgIpc) is 3.20. The fraction of sp³-hybridized carbons (Fsp3) is 0.423. The molecule has 7 rings (SSSR count). The lowest BCUT2D eigenvalue weighted by Crippen LogP contribution is -2.39. The van der Waals surface area contributed by atoms with Gasteiger partial charge in [0.05, 0.1) is 22.5 Å². The fourth-order valence-electron chi connectivity index (χ4n) is 6.22. The Bertz CT molecular complexity index is 1560. The molecule has 0 radical (unpaired) electrons. The molecule has 0 bridgehead atoms. The second kappa shape index (κ2) is 8.29. The largest absolute Gasteiger partial charge is 0.488 e. The molecule has 2 aliphatic heterocycles. The third-order valence-corrected chi connectivity index (χ3v) is 8.80. The summed E-state index contributed by atoms with van der Waals surface area (Å²) in [5.41, 5.74) is 5.09. The monoisotopic (exact) mass is 520 g/mol. The summed E-state index contributed by atoms with van der Waals surface area (Å²) in [6.45, 7) is 5.83. The van der Waals surface area contributed by atoms with E-state index in [2.05, 4.69) is 24.3 Å². The van der Waals surface area contributed by atoms with Crippen LogP contribution in [0.1, 0.15) is 42.5 Å². The molecule has 2 atom stereocenters. The number of aryl methyl sites for hydroxylation is 2. The number of rotatable bonds is 6. The highest BCUT2D eigenvalue weighted by atomic mass is 32.2. The van der Waals surface area contributed by atoms with Gasteiger partial charge in [-0.3, -0.25) is 9.55 Å². The van der Waals surface area contributed by atoms with Gasteiger partial charge in [0.2, 0.25) is 16.8 Å². The minimum absolute atomic E-state index is 0.142. The number of imidazole rings is 1. The Labute approximate surface area is 215 Å². The zero-order valence-corrected chi connectivity index (χ0v) is 21.6. The molecule has 2 fully saturated rings. The first-order valence-corrected chi connectivity index (χ1v) is 13.8. The first-order valence-electron chi connectivity index (χ1n) is 12.6. The number of pyridine rings is 1. The number of benzene rings is 1. The topological polar surface area (TPSA) is 115 Å².